The lowest BCUT2D eigenvalue weighted by molar-refractivity contribution is 0.0995. The van der Waals surface area contributed by atoms with Crippen LogP contribution >= 0.6 is 22.6 Å². The third-order valence-corrected chi connectivity index (χ3v) is 4.33. The van der Waals surface area contributed by atoms with Crippen LogP contribution in [0, 0.1) is 9.49 Å². The molecule has 0 unspecified atom stereocenters. The highest BCUT2D eigenvalue weighted by atomic mass is 127. The molecule has 1 fully saturated rings. The van der Waals surface area contributed by atoms with Crippen LogP contribution in [0.25, 0.3) is 10.9 Å². The van der Waals surface area contributed by atoms with E-state index in [-0.39, 0.29) is 5.69 Å². The largest absolute Gasteiger partial charge is 0.380 e. The Bertz CT molecular complexity index is 684. The molecular weight excluding hydrogens is 367 g/mol. The van der Waals surface area contributed by atoms with Gasteiger partial charge in [0.2, 0.25) is 0 Å². The van der Waals surface area contributed by atoms with Gasteiger partial charge in [0.15, 0.2) is 5.69 Å². The first kappa shape index (κ1) is 13.5. The number of nitrogens with two attached hydrogens (primary N) is 1. The molecule has 1 aromatic carbocycles. The molecule has 2 aromatic rings. The molecule has 1 amide bonds. The maximum Gasteiger partial charge on any atom is 0.271 e. The smallest absolute Gasteiger partial charge is 0.271 e. The van der Waals surface area contributed by atoms with E-state index in [0.29, 0.717) is 17.6 Å². The number of hydrogen-bond acceptors (Lipinski definition) is 4. The molecule has 1 saturated carbocycles. The number of carbonyl (C=O) groups excluding carboxylic acids is 1. The summed E-state index contributed by atoms with van der Waals surface area (Å²) >= 11 is 2.23. The van der Waals surface area contributed by atoms with Gasteiger partial charge in [-0.3, -0.25) is 4.79 Å². The summed E-state index contributed by atoms with van der Waals surface area (Å²) in [6.45, 7) is 2.13. The van der Waals surface area contributed by atoms with E-state index in [1.165, 1.54) is 12.8 Å². The van der Waals surface area contributed by atoms with Crippen molar-refractivity contribution in [2.75, 3.05) is 5.32 Å². The summed E-state index contributed by atoms with van der Waals surface area (Å²) in [6, 6.07) is 6.20. The zero-order valence-electron chi connectivity index (χ0n) is 11.1. The predicted molar refractivity (Wildman–Crippen MR) is 86.6 cm³/mol. The van der Waals surface area contributed by atoms with Gasteiger partial charge in [0.25, 0.3) is 5.91 Å². The second-order valence-electron chi connectivity index (χ2n) is 5.22. The summed E-state index contributed by atoms with van der Waals surface area (Å²) in [5.41, 5.74) is 7.11. The molecule has 1 aromatic heterocycles. The van der Waals surface area contributed by atoms with Gasteiger partial charge in [0.05, 0.1) is 11.2 Å². The fraction of sp³-hybridized carbons (Fsp3) is 0.357. The second-order valence-corrected chi connectivity index (χ2v) is 6.47. The van der Waals surface area contributed by atoms with Crippen molar-refractivity contribution < 1.29 is 4.79 Å². The number of carbonyl (C=O) groups is 1. The number of amides is 1. The Morgan fingerprint density at radius 3 is 2.85 bits per heavy atom. The number of fused-ring (bicyclic) bond motifs is 1. The highest BCUT2D eigenvalue weighted by Gasteiger charge is 2.29. The number of primary amides is 1. The molecule has 20 heavy (non-hydrogen) atoms. The van der Waals surface area contributed by atoms with Gasteiger partial charge in [0.1, 0.15) is 0 Å². The fourth-order valence-corrected chi connectivity index (χ4v) is 2.82. The number of hydrogen-bond donors (Lipinski definition) is 2. The van der Waals surface area contributed by atoms with Crippen molar-refractivity contribution in [2.45, 2.75) is 25.8 Å². The van der Waals surface area contributed by atoms with Crippen LogP contribution in [0.3, 0.4) is 0 Å². The molecule has 0 saturated heterocycles. The molecule has 1 aliphatic rings. The van der Waals surface area contributed by atoms with Gasteiger partial charge in [-0.05, 0) is 66.5 Å². The summed E-state index contributed by atoms with van der Waals surface area (Å²) in [5, 5.41) is 12.4. The van der Waals surface area contributed by atoms with E-state index in [1.807, 2.05) is 18.2 Å². The van der Waals surface area contributed by atoms with Crippen molar-refractivity contribution in [1.82, 2.24) is 10.2 Å². The van der Waals surface area contributed by atoms with E-state index < -0.39 is 5.91 Å². The first-order valence-corrected chi connectivity index (χ1v) is 7.66. The van der Waals surface area contributed by atoms with Crippen molar-refractivity contribution >= 4 is 45.1 Å². The van der Waals surface area contributed by atoms with Gasteiger partial charge < -0.3 is 11.1 Å². The molecule has 1 atom stereocenters. The SMILES string of the molecule is C[C@@H](Nc1c(C(N)=O)nnc2cc(I)ccc12)C1CC1. The minimum absolute atomic E-state index is 0.214. The zero-order valence-corrected chi connectivity index (χ0v) is 13.2. The zero-order chi connectivity index (χ0) is 14.3. The quantitative estimate of drug-likeness (QED) is 0.797. The molecule has 3 rings (SSSR count). The van der Waals surface area contributed by atoms with Crippen molar-refractivity contribution in [3.8, 4) is 0 Å². The van der Waals surface area contributed by atoms with Crippen LogP contribution in [0.5, 0.6) is 0 Å². The van der Waals surface area contributed by atoms with E-state index in [1.54, 1.807) is 0 Å². The lowest BCUT2D eigenvalue weighted by Gasteiger charge is -2.17. The van der Waals surface area contributed by atoms with Crippen LogP contribution in [-0.4, -0.2) is 22.1 Å². The highest BCUT2D eigenvalue weighted by molar-refractivity contribution is 14.1. The minimum Gasteiger partial charge on any atom is -0.380 e. The summed E-state index contributed by atoms with van der Waals surface area (Å²) in [7, 11) is 0. The van der Waals surface area contributed by atoms with Gasteiger partial charge >= 0.3 is 0 Å². The number of benzene rings is 1. The van der Waals surface area contributed by atoms with E-state index >= 15 is 0 Å². The fourth-order valence-electron chi connectivity index (χ4n) is 2.34. The molecule has 3 N–H and O–H groups in total. The van der Waals surface area contributed by atoms with E-state index in [0.717, 1.165) is 14.5 Å². The van der Waals surface area contributed by atoms with Gasteiger partial charge in [-0.25, -0.2) is 0 Å². The number of aromatic nitrogens is 2. The number of nitrogens with one attached hydrogen (secondary N) is 1. The average Bonchev–Trinajstić information content (AvgIpc) is 3.22. The summed E-state index contributed by atoms with van der Waals surface area (Å²) in [4.78, 5) is 11.6. The lowest BCUT2D eigenvalue weighted by Crippen LogP contribution is -2.23. The van der Waals surface area contributed by atoms with Crippen LogP contribution in [0.15, 0.2) is 18.2 Å². The molecule has 104 valence electrons. The van der Waals surface area contributed by atoms with E-state index in [4.69, 9.17) is 5.73 Å². The standard InChI is InChI=1S/C14H15IN4O/c1-7(8-2-3-8)17-12-10-5-4-9(15)6-11(10)18-19-13(12)14(16)20/h4-8H,2-3H2,1H3,(H2,16,20)(H,17,18)/t7-/m1/s1. The Kier molecular flexibility index (Phi) is 3.49. The Balaban J connectivity index is 2.12. The molecule has 0 spiro atoms. The predicted octanol–water partition coefficient (Wildman–Crippen LogP) is 2.54. The number of halogens is 1. The topological polar surface area (TPSA) is 80.9 Å². The van der Waals surface area contributed by atoms with Crippen LogP contribution in [0.1, 0.15) is 30.3 Å². The Morgan fingerprint density at radius 2 is 2.20 bits per heavy atom. The van der Waals surface area contributed by atoms with Crippen LogP contribution in [0.2, 0.25) is 0 Å². The van der Waals surface area contributed by atoms with Gasteiger partial charge in [-0.15, -0.1) is 10.2 Å². The molecule has 6 heteroatoms. The molecular formula is C14H15IN4O. The Labute approximate surface area is 130 Å². The molecule has 0 aliphatic heterocycles. The third-order valence-electron chi connectivity index (χ3n) is 3.66. The van der Waals surface area contributed by atoms with Crippen LogP contribution in [-0.2, 0) is 0 Å². The second kappa shape index (κ2) is 5.16. The lowest BCUT2D eigenvalue weighted by atomic mass is 10.1. The van der Waals surface area contributed by atoms with Crippen molar-refractivity contribution in [1.29, 1.82) is 0 Å². The summed E-state index contributed by atoms with van der Waals surface area (Å²) < 4.78 is 1.08. The minimum atomic E-state index is -0.552. The Morgan fingerprint density at radius 1 is 1.45 bits per heavy atom. The third kappa shape index (κ3) is 2.56. The van der Waals surface area contributed by atoms with Crippen LogP contribution in [0.4, 0.5) is 5.69 Å². The van der Waals surface area contributed by atoms with Crippen molar-refractivity contribution in [3.63, 3.8) is 0 Å². The summed E-state index contributed by atoms with van der Waals surface area (Å²) in [6.07, 6.45) is 2.46. The summed E-state index contributed by atoms with van der Waals surface area (Å²) in [5.74, 6) is 0.117. The van der Waals surface area contributed by atoms with Crippen LogP contribution < -0.4 is 11.1 Å². The van der Waals surface area contributed by atoms with E-state index in [2.05, 4.69) is 45.0 Å². The molecule has 0 radical (unpaired) electrons. The molecule has 1 aliphatic carbocycles. The first-order valence-electron chi connectivity index (χ1n) is 6.58. The van der Waals surface area contributed by atoms with Gasteiger partial charge in [0, 0.05) is 15.0 Å². The molecule has 1 heterocycles. The number of nitrogens with zero attached hydrogens (tertiary/aromatic N) is 2. The van der Waals surface area contributed by atoms with Gasteiger partial charge in [-0.1, -0.05) is 0 Å². The average molecular weight is 382 g/mol. The van der Waals surface area contributed by atoms with Crippen molar-refractivity contribution in [3.05, 3.63) is 27.5 Å². The number of anilines is 1. The van der Waals surface area contributed by atoms with Gasteiger partial charge in [-0.2, -0.15) is 0 Å². The maximum atomic E-state index is 11.6. The molecule has 0 bridgehead atoms. The maximum absolute atomic E-state index is 11.6. The van der Waals surface area contributed by atoms with Crippen molar-refractivity contribution in [2.24, 2.45) is 11.7 Å². The number of rotatable bonds is 4. The monoisotopic (exact) mass is 382 g/mol. The Hall–Kier alpha value is -1.44. The molecule has 5 nitrogen and oxygen atoms in total. The normalized spacial score (nSPS) is 16.1. The highest BCUT2D eigenvalue weighted by Crippen LogP contribution is 2.35. The first-order chi connectivity index (χ1) is 9.56. The van der Waals surface area contributed by atoms with E-state index in [9.17, 15) is 4.79 Å².